The van der Waals surface area contributed by atoms with E-state index >= 15 is 0 Å². The molecule has 4 aromatic rings. The first kappa shape index (κ1) is 42.2. The zero-order chi connectivity index (χ0) is 44.2. The molecule has 13 heteroatoms. The van der Waals surface area contributed by atoms with Crippen LogP contribution in [-0.2, 0) is 9.59 Å². The molecule has 0 bridgehead atoms. The van der Waals surface area contributed by atoms with Gasteiger partial charge in [0.05, 0.1) is 35.7 Å². The molecule has 63 heavy (non-hydrogen) atoms. The lowest BCUT2D eigenvalue weighted by molar-refractivity contribution is -0.163. The topological polar surface area (TPSA) is 137 Å². The number of hydrogen-bond acceptors (Lipinski definition) is 10. The number of Topliss-reactive ketones (excluding diaryl/α,β-unsaturated/α-hetero) is 2. The van der Waals surface area contributed by atoms with Crippen molar-refractivity contribution in [1.82, 2.24) is 20.1 Å². The Labute approximate surface area is 368 Å². The van der Waals surface area contributed by atoms with E-state index in [-0.39, 0.29) is 59.7 Å². The van der Waals surface area contributed by atoms with Crippen molar-refractivity contribution in [2.45, 2.75) is 84.4 Å². The summed E-state index contributed by atoms with van der Waals surface area (Å²) in [5, 5.41) is 4.14. The van der Waals surface area contributed by atoms with Gasteiger partial charge >= 0.3 is 0 Å². The van der Waals surface area contributed by atoms with Gasteiger partial charge in [-0.1, -0.05) is 33.8 Å². The average Bonchev–Trinajstić information content (AvgIpc) is 3.54. The maximum absolute atomic E-state index is 13.6. The third-order valence-corrected chi connectivity index (χ3v) is 14.5. The molecule has 13 nitrogen and oxygen atoms in total. The molecule has 3 amide bonds. The Morgan fingerprint density at radius 2 is 1.51 bits per heavy atom. The molecule has 4 fully saturated rings. The predicted molar refractivity (Wildman–Crippen MR) is 240 cm³/mol. The van der Waals surface area contributed by atoms with Crippen LogP contribution in [0.2, 0.25) is 0 Å². The molecular weight excluding hydrogens is 795 g/mol. The molecule has 2 saturated heterocycles. The van der Waals surface area contributed by atoms with Crippen LogP contribution in [0.15, 0.2) is 72.9 Å². The zero-order valence-electron chi connectivity index (χ0n) is 36.6. The number of carbonyl (C=O) groups excluding carboxylic acids is 5. The molecule has 9 rings (SSSR count). The summed E-state index contributed by atoms with van der Waals surface area (Å²) in [6.07, 6.45) is 5.08. The smallest absolute Gasteiger partial charge is 0.262 e. The minimum absolute atomic E-state index is 0.0963. The van der Waals surface area contributed by atoms with E-state index in [9.17, 15) is 24.0 Å². The number of aromatic nitrogens is 1. The van der Waals surface area contributed by atoms with E-state index in [0.29, 0.717) is 39.6 Å². The number of carbonyl (C=O) groups is 5. The number of piperidine rings is 1. The lowest BCUT2D eigenvalue weighted by atomic mass is 9.49. The van der Waals surface area contributed by atoms with E-state index in [4.69, 9.17) is 11.3 Å². The van der Waals surface area contributed by atoms with Crippen LogP contribution in [0.4, 0.5) is 17.1 Å². The van der Waals surface area contributed by atoms with E-state index in [2.05, 4.69) is 69.7 Å². The summed E-state index contributed by atoms with van der Waals surface area (Å²) in [6.45, 7) is 22.5. The van der Waals surface area contributed by atoms with Gasteiger partial charge in [-0.15, -0.1) is 0 Å². The lowest BCUT2D eigenvalue weighted by Crippen LogP contribution is -2.74. The maximum Gasteiger partial charge on any atom is 0.262 e. The number of nitrogens with one attached hydrogen (secondary N) is 1. The SMILES string of the molecule is [C-]#[N+]c1ccc(OC2C(C)(C)C(NC(=O)c3ccc(N4CCC(CCN5CCN(c6ccc7c(c6)C(=O)N(C6CCC(=O)CC6=O)C7=O)CC5)CC4)cc3)C2(C)C)c2cccnc12. The summed E-state index contributed by atoms with van der Waals surface area (Å²) in [6, 6.07) is 19.8. The molecule has 1 N–H and O–H groups in total. The number of hydrogen-bond donors (Lipinski definition) is 1. The Morgan fingerprint density at radius 1 is 0.825 bits per heavy atom. The summed E-state index contributed by atoms with van der Waals surface area (Å²) >= 11 is 0. The monoisotopic (exact) mass is 849 g/mol. The van der Waals surface area contributed by atoms with E-state index < -0.39 is 17.9 Å². The van der Waals surface area contributed by atoms with Crippen molar-refractivity contribution in [2.24, 2.45) is 16.7 Å². The molecule has 2 aliphatic carbocycles. The first-order chi connectivity index (χ1) is 30.2. The van der Waals surface area contributed by atoms with Gasteiger partial charge in [0.2, 0.25) is 5.69 Å². The normalized spacial score (nSPS) is 23.7. The van der Waals surface area contributed by atoms with Gasteiger partial charge in [0.25, 0.3) is 17.7 Å². The summed E-state index contributed by atoms with van der Waals surface area (Å²) < 4.78 is 6.67. The number of ketones is 2. The van der Waals surface area contributed by atoms with Crippen LogP contribution >= 0.6 is 0 Å². The highest BCUT2D eigenvalue weighted by molar-refractivity contribution is 6.24. The van der Waals surface area contributed by atoms with Gasteiger partial charge < -0.3 is 19.9 Å². The quantitative estimate of drug-likeness (QED) is 0.0999. The van der Waals surface area contributed by atoms with Gasteiger partial charge in [-0.3, -0.25) is 38.8 Å². The lowest BCUT2D eigenvalue weighted by Gasteiger charge is -2.63. The van der Waals surface area contributed by atoms with Crippen LogP contribution in [0.25, 0.3) is 15.7 Å². The highest BCUT2D eigenvalue weighted by Crippen LogP contribution is 2.56. The predicted octanol–water partition coefficient (Wildman–Crippen LogP) is 7.11. The van der Waals surface area contributed by atoms with Gasteiger partial charge in [0.1, 0.15) is 17.6 Å². The van der Waals surface area contributed by atoms with E-state index in [1.54, 1.807) is 24.4 Å². The number of benzene rings is 3. The second-order valence-electron chi connectivity index (χ2n) is 19.2. The van der Waals surface area contributed by atoms with Gasteiger partial charge in [-0.2, -0.15) is 0 Å². The molecule has 1 aromatic heterocycles. The van der Waals surface area contributed by atoms with E-state index in [0.717, 1.165) is 86.7 Å². The van der Waals surface area contributed by atoms with Gasteiger partial charge in [-0.05, 0) is 98.8 Å². The van der Waals surface area contributed by atoms with Crippen molar-refractivity contribution in [3.05, 3.63) is 101 Å². The van der Waals surface area contributed by atoms with Crippen LogP contribution in [0.3, 0.4) is 0 Å². The Bertz CT molecular complexity index is 2510. The Hall–Kier alpha value is -6.13. The summed E-state index contributed by atoms with van der Waals surface area (Å²) in [5.41, 5.74) is 3.75. The Morgan fingerprint density at radius 3 is 2.21 bits per heavy atom. The van der Waals surface area contributed by atoms with Crippen molar-refractivity contribution in [3.63, 3.8) is 0 Å². The molecule has 5 aliphatic rings. The molecule has 0 spiro atoms. The van der Waals surface area contributed by atoms with E-state index in [1.165, 1.54) is 0 Å². The summed E-state index contributed by atoms with van der Waals surface area (Å²) in [4.78, 5) is 80.8. The van der Waals surface area contributed by atoms with Crippen LogP contribution in [-0.4, -0.2) is 108 Å². The van der Waals surface area contributed by atoms with Crippen molar-refractivity contribution < 1.29 is 28.7 Å². The fourth-order valence-corrected chi connectivity index (χ4v) is 11.2. The highest BCUT2D eigenvalue weighted by Gasteiger charge is 2.64. The van der Waals surface area contributed by atoms with Gasteiger partial charge in [-0.25, -0.2) is 4.85 Å². The average molecular weight is 850 g/mol. The van der Waals surface area contributed by atoms with Crippen LogP contribution in [0.5, 0.6) is 5.75 Å². The minimum atomic E-state index is -0.860. The maximum atomic E-state index is 13.6. The first-order valence-corrected chi connectivity index (χ1v) is 22.4. The molecule has 3 aromatic carbocycles. The number of rotatable bonds is 10. The second-order valence-corrected chi connectivity index (χ2v) is 19.2. The number of anilines is 2. The second kappa shape index (κ2) is 16.5. The minimum Gasteiger partial charge on any atom is -0.489 e. The molecule has 0 radical (unpaired) electrons. The third kappa shape index (κ3) is 7.73. The number of amides is 3. The fourth-order valence-electron chi connectivity index (χ4n) is 11.2. The molecule has 1 atom stereocenters. The largest absolute Gasteiger partial charge is 0.489 e. The number of nitrogens with zero attached hydrogens (tertiary/aromatic N) is 6. The molecular formula is C50H55N7O6. The van der Waals surface area contributed by atoms with Gasteiger partial charge in [0.15, 0.2) is 5.78 Å². The van der Waals surface area contributed by atoms with Crippen LogP contribution in [0, 0.1) is 23.3 Å². The zero-order valence-corrected chi connectivity index (χ0v) is 36.6. The van der Waals surface area contributed by atoms with Crippen molar-refractivity contribution in [3.8, 4) is 5.75 Å². The highest BCUT2D eigenvalue weighted by atomic mass is 16.5. The summed E-state index contributed by atoms with van der Waals surface area (Å²) in [7, 11) is 0. The molecule has 2 saturated carbocycles. The van der Waals surface area contributed by atoms with Crippen molar-refractivity contribution in [2.75, 3.05) is 55.6 Å². The van der Waals surface area contributed by atoms with E-state index in [1.807, 2.05) is 36.4 Å². The molecule has 1 unspecified atom stereocenters. The number of imide groups is 1. The summed E-state index contributed by atoms with van der Waals surface area (Å²) in [5.74, 6) is -0.138. The van der Waals surface area contributed by atoms with Crippen LogP contribution < -0.4 is 19.9 Å². The molecule has 3 aliphatic heterocycles. The first-order valence-electron chi connectivity index (χ1n) is 22.4. The number of pyridine rings is 1. The number of ether oxygens (including phenoxy) is 1. The van der Waals surface area contributed by atoms with Gasteiger partial charge in [0, 0.05) is 91.1 Å². The standard InChI is InChI=1S/C50H55N7O6/c1-49(2)47(50(3,4)48(49)63-42-17-15-39(51-5)43-37(42)7-6-21-52-43)53-44(60)32-8-10-33(11-9-32)55-23-19-31(20-24-55)18-22-54-25-27-56(28-26-54)34-12-14-36-38(29-34)46(62)57(45(36)61)40-16-13-35(58)30-41(40)59/h6-12,14-15,17,21,29,31,40,47-48H,13,16,18-20,22-28,30H2,1-4H3,(H,53,60). The fraction of sp³-hybridized carbons (Fsp3) is 0.460. The molecule has 326 valence electrons. The third-order valence-electron chi connectivity index (χ3n) is 14.5. The number of piperazine rings is 1. The van der Waals surface area contributed by atoms with Crippen molar-refractivity contribution in [1.29, 1.82) is 0 Å². The van der Waals surface area contributed by atoms with Crippen molar-refractivity contribution >= 4 is 57.3 Å². The van der Waals surface area contributed by atoms with Crippen LogP contribution in [0.1, 0.15) is 97.3 Å². The Balaban J connectivity index is 0.721. The molecule has 4 heterocycles. The Kier molecular flexibility index (Phi) is 11.1. The number of fused-ring (bicyclic) bond motifs is 2.